The van der Waals surface area contributed by atoms with Crippen LogP contribution < -0.4 is 0 Å². The van der Waals surface area contributed by atoms with Crippen molar-refractivity contribution in [2.45, 2.75) is 25.9 Å². The second-order valence-electron chi connectivity index (χ2n) is 5.27. The minimum absolute atomic E-state index is 0.0856. The highest BCUT2D eigenvalue weighted by atomic mass is 19.1. The van der Waals surface area contributed by atoms with Gasteiger partial charge in [0.05, 0.1) is 0 Å². The molecule has 2 unspecified atom stereocenters. The van der Waals surface area contributed by atoms with Gasteiger partial charge in [-0.2, -0.15) is 0 Å². The summed E-state index contributed by atoms with van der Waals surface area (Å²) in [6.45, 7) is 8.55. The fourth-order valence-electron chi connectivity index (χ4n) is 3.19. The molecule has 2 saturated heterocycles. The lowest BCUT2D eigenvalue weighted by molar-refractivity contribution is 0.0633. The van der Waals surface area contributed by atoms with Crippen LogP contribution in [0.5, 0.6) is 0 Å². The first kappa shape index (κ1) is 10.4. The van der Waals surface area contributed by atoms with Crippen LogP contribution in [0.15, 0.2) is 0 Å². The third-order valence-corrected chi connectivity index (χ3v) is 4.13. The molecule has 2 aliphatic heterocycles. The molecule has 3 heteroatoms. The van der Waals surface area contributed by atoms with Crippen molar-refractivity contribution >= 4 is 0 Å². The number of rotatable bonds is 1. The van der Waals surface area contributed by atoms with Gasteiger partial charge in [-0.05, 0) is 33.5 Å². The molecule has 2 atom stereocenters. The van der Waals surface area contributed by atoms with Gasteiger partial charge in [-0.3, -0.25) is 0 Å². The number of halogens is 1. The van der Waals surface area contributed by atoms with Crippen molar-refractivity contribution in [2.75, 3.05) is 39.8 Å². The summed E-state index contributed by atoms with van der Waals surface area (Å²) in [5.74, 6) is 0. The van der Waals surface area contributed by atoms with E-state index in [1.165, 1.54) is 0 Å². The number of hydrogen-bond acceptors (Lipinski definition) is 2. The summed E-state index contributed by atoms with van der Waals surface area (Å²) in [4.78, 5) is 4.51. The molecule has 0 aromatic heterocycles. The van der Waals surface area contributed by atoms with Crippen molar-refractivity contribution < 1.29 is 4.39 Å². The minimum Gasteiger partial charge on any atom is -0.303 e. The first-order valence-corrected chi connectivity index (χ1v) is 5.59. The maximum Gasteiger partial charge on any atom is 0.128 e. The van der Waals surface area contributed by atoms with Gasteiger partial charge in [0.15, 0.2) is 0 Å². The summed E-state index contributed by atoms with van der Waals surface area (Å²) < 4.78 is 14.5. The van der Waals surface area contributed by atoms with Crippen LogP contribution >= 0.6 is 0 Å². The molecule has 0 amide bonds. The average molecular weight is 200 g/mol. The first-order valence-electron chi connectivity index (χ1n) is 5.59. The van der Waals surface area contributed by atoms with Gasteiger partial charge in [-0.15, -0.1) is 0 Å². The molecule has 1 spiro atoms. The molecule has 0 aromatic rings. The van der Waals surface area contributed by atoms with E-state index in [9.17, 15) is 4.39 Å². The molecule has 0 aliphatic carbocycles. The van der Waals surface area contributed by atoms with Crippen molar-refractivity contribution in [1.82, 2.24) is 9.80 Å². The van der Waals surface area contributed by atoms with Gasteiger partial charge >= 0.3 is 0 Å². The Morgan fingerprint density at radius 2 is 2.00 bits per heavy atom. The van der Waals surface area contributed by atoms with Crippen LogP contribution in [0.1, 0.15) is 20.3 Å². The summed E-state index contributed by atoms with van der Waals surface area (Å²) >= 11 is 0. The summed E-state index contributed by atoms with van der Waals surface area (Å²) in [5.41, 5.74) is -1.08. The molecule has 2 aliphatic rings. The van der Waals surface area contributed by atoms with Crippen LogP contribution in [0, 0.1) is 5.41 Å². The Morgan fingerprint density at radius 3 is 2.43 bits per heavy atom. The highest BCUT2D eigenvalue weighted by Crippen LogP contribution is 2.47. The summed E-state index contributed by atoms with van der Waals surface area (Å²) in [6.07, 6.45) is 1.03. The van der Waals surface area contributed by atoms with Gasteiger partial charge in [0, 0.05) is 25.0 Å². The second-order valence-corrected chi connectivity index (χ2v) is 5.27. The molecule has 14 heavy (non-hydrogen) atoms. The zero-order valence-corrected chi connectivity index (χ0v) is 9.52. The van der Waals surface area contributed by atoms with Crippen LogP contribution in [0.25, 0.3) is 0 Å². The Hall–Kier alpha value is -0.150. The Balaban J connectivity index is 2.16. The maximum absolute atomic E-state index is 14.5. The van der Waals surface area contributed by atoms with Gasteiger partial charge in [-0.1, -0.05) is 6.92 Å². The van der Waals surface area contributed by atoms with Gasteiger partial charge < -0.3 is 9.80 Å². The van der Waals surface area contributed by atoms with Crippen LogP contribution in [-0.2, 0) is 0 Å². The minimum atomic E-state index is -0.994. The Labute approximate surface area is 86.1 Å². The molecule has 2 fully saturated rings. The molecule has 2 rings (SSSR count). The zero-order chi connectivity index (χ0) is 10.4. The molecular weight excluding hydrogens is 179 g/mol. The average Bonchev–Trinajstić information content (AvgIpc) is 2.56. The second kappa shape index (κ2) is 3.17. The lowest BCUT2D eigenvalue weighted by atomic mass is 9.76. The number of nitrogens with zero attached hydrogens (tertiary/aromatic N) is 2. The van der Waals surface area contributed by atoms with Crippen molar-refractivity contribution in [3.05, 3.63) is 0 Å². The van der Waals surface area contributed by atoms with Gasteiger partial charge in [0.1, 0.15) is 5.67 Å². The summed E-state index contributed by atoms with van der Waals surface area (Å²) in [7, 11) is 2.03. The molecule has 2 nitrogen and oxygen atoms in total. The lowest BCUT2D eigenvalue weighted by Crippen LogP contribution is -2.43. The predicted octanol–water partition coefficient (Wildman–Crippen LogP) is 1.37. The van der Waals surface area contributed by atoms with E-state index in [4.69, 9.17) is 0 Å². The fraction of sp³-hybridized carbons (Fsp3) is 1.00. The van der Waals surface area contributed by atoms with Crippen LogP contribution in [0.4, 0.5) is 4.39 Å². The normalized spacial score (nSPS) is 45.4. The number of alkyl halides is 1. The zero-order valence-electron chi connectivity index (χ0n) is 9.52. The Kier molecular flexibility index (Phi) is 2.35. The van der Waals surface area contributed by atoms with Crippen LogP contribution in [0.3, 0.4) is 0 Å². The van der Waals surface area contributed by atoms with E-state index >= 15 is 0 Å². The quantitative estimate of drug-likeness (QED) is 0.631. The third kappa shape index (κ3) is 1.38. The molecule has 2 heterocycles. The smallest absolute Gasteiger partial charge is 0.128 e. The van der Waals surface area contributed by atoms with E-state index in [1.807, 2.05) is 7.05 Å². The molecule has 0 radical (unpaired) electrons. The largest absolute Gasteiger partial charge is 0.303 e. The fourth-order valence-corrected chi connectivity index (χ4v) is 3.19. The molecule has 82 valence electrons. The van der Waals surface area contributed by atoms with Crippen molar-refractivity contribution in [1.29, 1.82) is 0 Å². The van der Waals surface area contributed by atoms with E-state index in [0.29, 0.717) is 6.54 Å². The van der Waals surface area contributed by atoms with E-state index < -0.39 is 5.67 Å². The maximum atomic E-state index is 14.5. The van der Waals surface area contributed by atoms with Crippen molar-refractivity contribution in [2.24, 2.45) is 5.41 Å². The van der Waals surface area contributed by atoms with Gasteiger partial charge in [-0.25, -0.2) is 4.39 Å². The lowest BCUT2D eigenvalue weighted by Gasteiger charge is -2.33. The van der Waals surface area contributed by atoms with Gasteiger partial charge in [0.25, 0.3) is 0 Å². The monoisotopic (exact) mass is 200 g/mol. The van der Waals surface area contributed by atoms with Gasteiger partial charge in [0.2, 0.25) is 0 Å². The van der Waals surface area contributed by atoms with Crippen LogP contribution in [-0.4, -0.2) is 55.2 Å². The van der Waals surface area contributed by atoms with Crippen molar-refractivity contribution in [3.8, 4) is 0 Å². The highest BCUT2D eigenvalue weighted by Gasteiger charge is 2.57. The Bertz CT molecular complexity index is 229. The van der Waals surface area contributed by atoms with E-state index in [0.717, 1.165) is 32.6 Å². The van der Waals surface area contributed by atoms with Crippen molar-refractivity contribution in [3.63, 3.8) is 0 Å². The number of likely N-dealkylation sites (tertiary alicyclic amines) is 2. The first-order chi connectivity index (χ1) is 6.49. The van der Waals surface area contributed by atoms with Crippen LogP contribution in [0.2, 0.25) is 0 Å². The van der Waals surface area contributed by atoms with E-state index in [2.05, 4.69) is 16.7 Å². The van der Waals surface area contributed by atoms with E-state index in [1.54, 1.807) is 6.92 Å². The third-order valence-electron chi connectivity index (χ3n) is 4.13. The molecule has 0 bridgehead atoms. The predicted molar refractivity (Wildman–Crippen MR) is 56.2 cm³/mol. The summed E-state index contributed by atoms with van der Waals surface area (Å²) in [5, 5.41) is 0. The SMILES string of the molecule is CCN1CCC2(CN(C)CC2(C)F)C1. The Morgan fingerprint density at radius 1 is 1.29 bits per heavy atom. The van der Waals surface area contributed by atoms with E-state index in [-0.39, 0.29) is 5.41 Å². The molecule has 0 N–H and O–H groups in total. The topological polar surface area (TPSA) is 6.48 Å². The summed E-state index contributed by atoms with van der Waals surface area (Å²) in [6, 6.07) is 0. The molecular formula is C11H21FN2. The standard InChI is InChI=1S/C11H21FN2/c1-4-14-6-5-11(9-14)8-13(3)7-10(11,2)12/h4-9H2,1-3H3. The molecule has 0 saturated carbocycles. The number of hydrogen-bond donors (Lipinski definition) is 0. The highest BCUT2D eigenvalue weighted by molar-refractivity contribution is 5.09. The molecule has 0 aromatic carbocycles.